The summed E-state index contributed by atoms with van der Waals surface area (Å²) in [5.41, 5.74) is 5.58. The number of rotatable bonds is 7. The predicted octanol–water partition coefficient (Wildman–Crippen LogP) is 1.92. The quantitative estimate of drug-likeness (QED) is 0.808. The summed E-state index contributed by atoms with van der Waals surface area (Å²) in [6.45, 7) is 0.875. The van der Waals surface area contributed by atoms with Gasteiger partial charge in [-0.25, -0.2) is 13.1 Å². The van der Waals surface area contributed by atoms with E-state index >= 15 is 0 Å². The zero-order valence-corrected chi connectivity index (χ0v) is 12.5. The van der Waals surface area contributed by atoms with Gasteiger partial charge in [-0.3, -0.25) is 0 Å². The second-order valence-corrected chi connectivity index (χ2v) is 8.34. The van der Waals surface area contributed by atoms with Crippen molar-refractivity contribution in [1.29, 1.82) is 0 Å². The lowest BCUT2D eigenvalue weighted by molar-refractivity contribution is 0.401. The molecule has 3 N–H and O–H groups in total. The molecule has 2 aliphatic rings. The molecule has 19 heavy (non-hydrogen) atoms. The zero-order valence-electron chi connectivity index (χ0n) is 10.8. The van der Waals surface area contributed by atoms with E-state index in [1.165, 1.54) is 37.0 Å². The molecule has 0 amide bonds. The van der Waals surface area contributed by atoms with E-state index in [-0.39, 0.29) is 6.54 Å². The van der Waals surface area contributed by atoms with E-state index in [9.17, 15) is 8.42 Å². The first-order chi connectivity index (χ1) is 9.12. The monoisotopic (exact) mass is 300 g/mol. The smallest absolute Gasteiger partial charge is 0.241 e. The van der Waals surface area contributed by atoms with Gasteiger partial charge in [0, 0.05) is 18.0 Å². The molecule has 1 aromatic rings. The molecule has 0 spiro atoms. The summed E-state index contributed by atoms with van der Waals surface area (Å²) < 4.78 is 27.4. The second kappa shape index (κ2) is 5.16. The van der Waals surface area contributed by atoms with Gasteiger partial charge in [0.05, 0.1) is 4.90 Å². The molecule has 2 saturated carbocycles. The average molecular weight is 300 g/mol. The Balaban J connectivity index is 1.67. The predicted molar refractivity (Wildman–Crippen MR) is 76.3 cm³/mol. The number of thiophene rings is 1. The van der Waals surface area contributed by atoms with Gasteiger partial charge in [0.1, 0.15) is 0 Å². The van der Waals surface area contributed by atoms with Crippen LogP contribution in [0.5, 0.6) is 0 Å². The van der Waals surface area contributed by atoms with Crippen LogP contribution in [-0.2, 0) is 16.6 Å². The van der Waals surface area contributed by atoms with Crippen LogP contribution < -0.4 is 10.5 Å². The Hall–Kier alpha value is -0.430. The molecule has 2 fully saturated rings. The highest BCUT2D eigenvalue weighted by atomic mass is 32.2. The standard InChI is InChI=1S/C13H20N2O2S2/c14-7-12-13(5-6-18-12)19(16,17)15-8-11(9-1-2-9)10-3-4-10/h5-6,9-11,15H,1-4,7-8,14H2. The maximum Gasteiger partial charge on any atom is 0.241 e. The van der Waals surface area contributed by atoms with Gasteiger partial charge in [0.2, 0.25) is 10.0 Å². The third-order valence-corrected chi connectivity index (χ3v) is 6.72. The van der Waals surface area contributed by atoms with Crippen LogP contribution in [0.15, 0.2) is 16.3 Å². The minimum absolute atomic E-state index is 0.280. The maximum atomic E-state index is 12.3. The van der Waals surface area contributed by atoms with Crippen molar-refractivity contribution in [2.24, 2.45) is 23.5 Å². The van der Waals surface area contributed by atoms with E-state index in [0.717, 1.165) is 16.7 Å². The Kier molecular flexibility index (Phi) is 3.68. The van der Waals surface area contributed by atoms with Gasteiger partial charge in [0.25, 0.3) is 0 Å². The van der Waals surface area contributed by atoms with Crippen molar-refractivity contribution in [1.82, 2.24) is 4.72 Å². The van der Waals surface area contributed by atoms with Gasteiger partial charge in [-0.2, -0.15) is 0 Å². The Morgan fingerprint density at radius 1 is 1.32 bits per heavy atom. The topological polar surface area (TPSA) is 72.2 Å². The highest BCUT2D eigenvalue weighted by Crippen LogP contribution is 2.48. The Morgan fingerprint density at radius 2 is 1.95 bits per heavy atom. The van der Waals surface area contributed by atoms with Crippen molar-refractivity contribution in [3.63, 3.8) is 0 Å². The van der Waals surface area contributed by atoms with Crippen LogP contribution in [0.1, 0.15) is 30.6 Å². The van der Waals surface area contributed by atoms with E-state index in [1.54, 1.807) is 11.4 Å². The number of nitrogens with two attached hydrogens (primary N) is 1. The van der Waals surface area contributed by atoms with E-state index in [4.69, 9.17) is 5.73 Å². The summed E-state index contributed by atoms with van der Waals surface area (Å²) in [5, 5.41) is 1.79. The normalized spacial score (nSPS) is 20.1. The van der Waals surface area contributed by atoms with Crippen molar-refractivity contribution in [2.75, 3.05) is 6.54 Å². The van der Waals surface area contributed by atoms with Crippen molar-refractivity contribution < 1.29 is 8.42 Å². The molecule has 0 radical (unpaired) electrons. The molecule has 0 aromatic carbocycles. The minimum atomic E-state index is -3.39. The van der Waals surface area contributed by atoms with Crippen molar-refractivity contribution in [3.05, 3.63) is 16.3 Å². The molecule has 0 saturated heterocycles. The number of hydrogen-bond acceptors (Lipinski definition) is 4. The van der Waals surface area contributed by atoms with Crippen molar-refractivity contribution >= 4 is 21.4 Å². The first kappa shape index (κ1) is 13.5. The fraction of sp³-hybridized carbons (Fsp3) is 0.692. The van der Waals surface area contributed by atoms with Crippen LogP contribution >= 0.6 is 11.3 Å². The van der Waals surface area contributed by atoms with Crippen LogP contribution in [0.2, 0.25) is 0 Å². The highest BCUT2D eigenvalue weighted by Gasteiger charge is 2.41. The molecule has 3 rings (SSSR count). The van der Waals surface area contributed by atoms with Crippen LogP contribution in [-0.4, -0.2) is 15.0 Å². The number of hydrogen-bond donors (Lipinski definition) is 2. The average Bonchev–Trinajstić information content (AvgIpc) is 3.30. The molecule has 0 aliphatic heterocycles. The maximum absolute atomic E-state index is 12.3. The van der Waals surface area contributed by atoms with Crippen molar-refractivity contribution in [2.45, 2.75) is 37.1 Å². The van der Waals surface area contributed by atoms with Crippen LogP contribution in [0.3, 0.4) is 0 Å². The molecule has 1 heterocycles. The van der Waals surface area contributed by atoms with Gasteiger partial charge < -0.3 is 5.73 Å². The third-order valence-electron chi connectivity index (χ3n) is 4.14. The van der Waals surface area contributed by atoms with E-state index in [1.807, 2.05) is 0 Å². The highest BCUT2D eigenvalue weighted by molar-refractivity contribution is 7.89. The summed E-state index contributed by atoms with van der Waals surface area (Å²) in [6, 6.07) is 1.65. The van der Waals surface area contributed by atoms with Crippen LogP contribution in [0.25, 0.3) is 0 Å². The fourth-order valence-corrected chi connectivity index (χ4v) is 5.17. The Bertz CT molecular complexity index is 533. The fourth-order valence-electron chi connectivity index (χ4n) is 2.77. The SMILES string of the molecule is NCc1sccc1S(=O)(=O)NCC(C1CC1)C1CC1. The molecule has 0 atom stereocenters. The molecule has 1 aromatic heterocycles. The molecule has 0 unspecified atom stereocenters. The summed E-state index contributed by atoms with van der Waals surface area (Å²) >= 11 is 1.40. The van der Waals surface area contributed by atoms with Gasteiger partial charge in [-0.15, -0.1) is 11.3 Å². The molecular weight excluding hydrogens is 280 g/mol. The van der Waals surface area contributed by atoms with Crippen molar-refractivity contribution in [3.8, 4) is 0 Å². The lowest BCUT2D eigenvalue weighted by Gasteiger charge is -2.16. The molecule has 4 nitrogen and oxygen atoms in total. The van der Waals surface area contributed by atoms with E-state index in [0.29, 0.717) is 17.4 Å². The zero-order chi connectivity index (χ0) is 13.5. The van der Waals surface area contributed by atoms with Crippen LogP contribution in [0.4, 0.5) is 0 Å². The van der Waals surface area contributed by atoms with Gasteiger partial charge >= 0.3 is 0 Å². The molecular formula is C13H20N2O2S2. The first-order valence-corrected chi connectivity index (χ1v) is 9.24. The summed E-state index contributed by atoms with van der Waals surface area (Å²) in [5.74, 6) is 2.06. The Morgan fingerprint density at radius 3 is 2.47 bits per heavy atom. The second-order valence-electron chi connectivity index (χ2n) is 5.60. The minimum Gasteiger partial charge on any atom is -0.326 e. The van der Waals surface area contributed by atoms with Gasteiger partial charge in [-0.1, -0.05) is 0 Å². The van der Waals surface area contributed by atoms with Gasteiger partial charge in [0.15, 0.2) is 0 Å². The lowest BCUT2D eigenvalue weighted by atomic mass is 9.99. The van der Waals surface area contributed by atoms with Gasteiger partial charge in [-0.05, 0) is 54.9 Å². The Labute approximate surface area is 118 Å². The first-order valence-electron chi connectivity index (χ1n) is 6.88. The number of nitrogens with one attached hydrogen (secondary N) is 1. The molecule has 2 aliphatic carbocycles. The van der Waals surface area contributed by atoms with E-state index in [2.05, 4.69) is 4.72 Å². The summed E-state index contributed by atoms with van der Waals surface area (Å²) in [7, 11) is -3.39. The lowest BCUT2D eigenvalue weighted by Crippen LogP contribution is -2.31. The van der Waals surface area contributed by atoms with Crippen LogP contribution in [0, 0.1) is 17.8 Å². The largest absolute Gasteiger partial charge is 0.326 e. The third kappa shape index (κ3) is 3.02. The van der Waals surface area contributed by atoms with E-state index < -0.39 is 10.0 Å². The summed E-state index contributed by atoms with van der Waals surface area (Å²) in [4.78, 5) is 1.10. The number of sulfonamides is 1. The molecule has 0 bridgehead atoms. The molecule has 6 heteroatoms. The summed E-state index contributed by atoms with van der Waals surface area (Å²) in [6.07, 6.45) is 5.09. The molecule has 106 valence electrons.